The number of fused-ring (bicyclic) bond motifs is 1. The Hall–Kier alpha value is -2.37. The van der Waals surface area contributed by atoms with E-state index >= 15 is 0 Å². The van der Waals surface area contributed by atoms with E-state index in [-0.39, 0.29) is 29.1 Å². The molecule has 11 heteroatoms. The molecule has 0 aliphatic carbocycles. The second-order valence-electron chi connectivity index (χ2n) is 8.88. The lowest BCUT2D eigenvalue weighted by Crippen LogP contribution is -2.44. The summed E-state index contributed by atoms with van der Waals surface area (Å²) in [7, 11) is -3.61. The molecule has 0 saturated carbocycles. The molecule has 0 radical (unpaired) electrons. The molecule has 188 valence electrons. The molecule has 5 rings (SSSR count). The Balaban J connectivity index is 1.39. The minimum atomic E-state index is -3.61. The van der Waals surface area contributed by atoms with Crippen molar-refractivity contribution in [2.45, 2.75) is 37.4 Å². The molecule has 1 fully saturated rings. The van der Waals surface area contributed by atoms with Crippen LogP contribution in [-0.2, 0) is 21.4 Å². The van der Waals surface area contributed by atoms with Crippen LogP contribution in [0.15, 0.2) is 52.9 Å². The molecule has 3 aromatic heterocycles. The molecule has 1 aliphatic rings. The summed E-state index contributed by atoms with van der Waals surface area (Å²) < 4.78 is 29.1. The summed E-state index contributed by atoms with van der Waals surface area (Å²) >= 11 is 8.49. The van der Waals surface area contributed by atoms with Crippen LogP contribution in [0, 0.1) is 19.8 Å². The maximum atomic E-state index is 13.8. The Kier molecular flexibility index (Phi) is 7.15. The van der Waals surface area contributed by atoms with Crippen molar-refractivity contribution in [1.29, 1.82) is 0 Å². The molecule has 0 unspecified atom stereocenters. The topological polar surface area (TPSA) is 83.5 Å². The summed E-state index contributed by atoms with van der Waals surface area (Å²) in [6.07, 6.45) is 2.60. The van der Waals surface area contributed by atoms with E-state index in [9.17, 15) is 13.2 Å². The highest BCUT2D eigenvalue weighted by molar-refractivity contribution is 7.91. The number of rotatable bonds is 6. The van der Waals surface area contributed by atoms with Crippen LogP contribution in [0.3, 0.4) is 0 Å². The van der Waals surface area contributed by atoms with Gasteiger partial charge in [-0.3, -0.25) is 14.7 Å². The van der Waals surface area contributed by atoms with E-state index in [1.165, 1.54) is 27.3 Å². The monoisotopic (exact) mass is 560 g/mol. The van der Waals surface area contributed by atoms with Gasteiger partial charge in [-0.05, 0) is 74.2 Å². The molecule has 4 heterocycles. The minimum Gasteiger partial charge on any atom is -0.282 e. The average molecular weight is 561 g/mol. The van der Waals surface area contributed by atoms with Crippen molar-refractivity contribution in [2.24, 2.45) is 5.92 Å². The van der Waals surface area contributed by atoms with E-state index in [4.69, 9.17) is 16.6 Å². The smallest absolute Gasteiger partial charge is 0.252 e. The Morgan fingerprint density at radius 2 is 1.86 bits per heavy atom. The van der Waals surface area contributed by atoms with E-state index in [1.54, 1.807) is 17.2 Å². The average Bonchev–Trinajstić information content (AvgIpc) is 3.49. The fourth-order valence-electron chi connectivity index (χ4n) is 4.30. The van der Waals surface area contributed by atoms with Crippen LogP contribution in [0.4, 0.5) is 5.13 Å². The number of anilines is 1. The van der Waals surface area contributed by atoms with Crippen molar-refractivity contribution in [3.05, 3.63) is 69.8 Å². The second kappa shape index (κ2) is 10.2. The predicted octanol–water partition coefficient (Wildman–Crippen LogP) is 5.66. The standard InChI is InChI=1S/C25H25ClN4O3S3/c1-16-13-20-21(14-17(16)2)34-25(28-20)30(15-19-5-3-4-10-27-19)24(31)18-8-11-29(12-9-18)36(32,33)23-7-6-22(26)35-23/h3-7,10,13-14,18H,8-9,11-12,15H2,1-2H3. The normalized spacial score (nSPS) is 15.4. The van der Waals surface area contributed by atoms with Gasteiger partial charge in [-0.2, -0.15) is 4.31 Å². The Bertz CT molecular complexity index is 1470. The molecule has 36 heavy (non-hydrogen) atoms. The van der Waals surface area contributed by atoms with Crippen LogP contribution < -0.4 is 4.90 Å². The van der Waals surface area contributed by atoms with E-state index in [2.05, 4.69) is 24.9 Å². The lowest BCUT2D eigenvalue weighted by Gasteiger charge is -2.32. The summed E-state index contributed by atoms with van der Waals surface area (Å²) in [4.78, 5) is 24.8. The van der Waals surface area contributed by atoms with Crippen LogP contribution in [0.5, 0.6) is 0 Å². The van der Waals surface area contributed by atoms with Crippen LogP contribution in [0.1, 0.15) is 29.7 Å². The Labute approximate surface area is 223 Å². The first-order valence-electron chi connectivity index (χ1n) is 11.6. The molecule has 1 aromatic carbocycles. The van der Waals surface area contributed by atoms with E-state index in [0.29, 0.717) is 28.9 Å². The first-order valence-corrected chi connectivity index (χ1v) is 15.0. The number of amides is 1. The summed E-state index contributed by atoms with van der Waals surface area (Å²) in [6.45, 7) is 4.99. The molecule has 4 aromatic rings. The first kappa shape index (κ1) is 25.3. The number of carbonyl (C=O) groups excluding carboxylic acids is 1. The summed E-state index contributed by atoms with van der Waals surface area (Å²) in [5, 5.41) is 0.633. The first-order chi connectivity index (χ1) is 17.2. The van der Waals surface area contributed by atoms with Gasteiger partial charge < -0.3 is 0 Å². The van der Waals surface area contributed by atoms with Crippen molar-refractivity contribution in [1.82, 2.24) is 14.3 Å². The Morgan fingerprint density at radius 1 is 1.11 bits per heavy atom. The number of hydrogen-bond donors (Lipinski definition) is 0. The number of benzene rings is 1. The van der Waals surface area contributed by atoms with Gasteiger partial charge >= 0.3 is 0 Å². The summed E-state index contributed by atoms with van der Waals surface area (Å²) in [5.41, 5.74) is 3.97. The maximum Gasteiger partial charge on any atom is 0.252 e. The number of piperidine rings is 1. The van der Waals surface area contributed by atoms with Crippen molar-refractivity contribution in [3.63, 3.8) is 0 Å². The van der Waals surface area contributed by atoms with Gasteiger partial charge in [-0.1, -0.05) is 29.0 Å². The molecular weight excluding hydrogens is 536 g/mol. The van der Waals surface area contributed by atoms with Gasteiger partial charge in [0.15, 0.2) is 5.13 Å². The van der Waals surface area contributed by atoms with Gasteiger partial charge in [-0.25, -0.2) is 13.4 Å². The van der Waals surface area contributed by atoms with Gasteiger partial charge in [0.2, 0.25) is 5.91 Å². The zero-order valence-corrected chi connectivity index (χ0v) is 23.1. The Morgan fingerprint density at radius 3 is 2.53 bits per heavy atom. The number of carbonyl (C=O) groups is 1. The molecule has 0 bridgehead atoms. The molecule has 0 spiro atoms. The van der Waals surface area contributed by atoms with Gasteiger partial charge in [-0.15, -0.1) is 11.3 Å². The molecule has 1 saturated heterocycles. The lowest BCUT2D eigenvalue weighted by atomic mass is 9.96. The minimum absolute atomic E-state index is 0.0515. The number of aryl methyl sites for hydroxylation is 2. The SMILES string of the molecule is Cc1cc2nc(N(Cc3ccccn3)C(=O)C3CCN(S(=O)(=O)c4ccc(Cl)s4)CC3)sc2cc1C. The highest BCUT2D eigenvalue weighted by Gasteiger charge is 2.35. The molecule has 1 amide bonds. The number of hydrogen-bond acceptors (Lipinski definition) is 7. The number of nitrogens with zero attached hydrogens (tertiary/aromatic N) is 4. The van der Waals surface area contributed by atoms with Crippen LogP contribution in [0.25, 0.3) is 10.2 Å². The van der Waals surface area contributed by atoms with Gasteiger partial charge in [0.25, 0.3) is 10.0 Å². The van der Waals surface area contributed by atoms with Crippen molar-refractivity contribution < 1.29 is 13.2 Å². The number of halogens is 1. The van der Waals surface area contributed by atoms with Gasteiger partial charge in [0.05, 0.1) is 26.8 Å². The van der Waals surface area contributed by atoms with Crippen molar-refractivity contribution in [3.8, 4) is 0 Å². The number of sulfonamides is 1. The van der Waals surface area contributed by atoms with Crippen LogP contribution in [0.2, 0.25) is 4.34 Å². The maximum absolute atomic E-state index is 13.8. The number of pyridine rings is 1. The molecule has 0 atom stereocenters. The third kappa shape index (κ3) is 5.05. The lowest BCUT2D eigenvalue weighted by molar-refractivity contribution is -0.123. The van der Waals surface area contributed by atoms with E-state index in [0.717, 1.165) is 32.8 Å². The van der Waals surface area contributed by atoms with E-state index < -0.39 is 10.0 Å². The molecule has 0 N–H and O–H groups in total. The second-order valence-corrected chi connectivity index (χ2v) is 13.8. The third-order valence-corrected chi connectivity index (χ3v) is 11.1. The molecule has 7 nitrogen and oxygen atoms in total. The van der Waals surface area contributed by atoms with Crippen LogP contribution >= 0.6 is 34.3 Å². The zero-order chi connectivity index (χ0) is 25.4. The fourth-order valence-corrected chi connectivity index (χ4v) is 8.46. The summed E-state index contributed by atoms with van der Waals surface area (Å²) in [5.74, 6) is -0.355. The number of thiazole rings is 1. The third-order valence-electron chi connectivity index (χ3n) is 6.48. The number of thiophene rings is 1. The van der Waals surface area contributed by atoms with Gasteiger partial charge in [0, 0.05) is 25.2 Å². The van der Waals surface area contributed by atoms with Gasteiger partial charge in [0.1, 0.15) is 4.21 Å². The zero-order valence-electron chi connectivity index (χ0n) is 19.8. The highest BCUT2D eigenvalue weighted by atomic mass is 35.5. The quantitative estimate of drug-likeness (QED) is 0.304. The predicted molar refractivity (Wildman–Crippen MR) is 145 cm³/mol. The molecule has 1 aliphatic heterocycles. The van der Waals surface area contributed by atoms with Crippen LogP contribution in [-0.4, -0.2) is 41.7 Å². The largest absolute Gasteiger partial charge is 0.282 e. The fraction of sp³-hybridized carbons (Fsp3) is 0.320. The summed E-state index contributed by atoms with van der Waals surface area (Å²) in [6, 6.07) is 12.9. The van der Waals surface area contributed by atoms with E-state index in [1.807, 2.05) is 24.3 Å². The van der Waals surface area contributed by atoms with Crippen molar-refractivity contribution >= 4 is 65.6 Å². The van der Waals surface area contributed by atoms with Crippen molar-refractivity contribution in [2.75, 3.05) is 18.0 Å². The molecular formula is C25H25ClN4O3S3. The highest BCUT2D eigenvalue weighted by Crippen LogP contribution is 2.35. The number of aromatic nitrogens is 2.